The third kappa shape index (κ3) is 3.08. The van der Waals surface area contributed by atoms with Gasteiger partial charge in [0, 0.05) is 31.1 Å². The lowest BCUT2D eigenvalue weighted by Crippen LogP contribution is -2.50. The predicted molar refractivity (Wildman–Crippen MR) is 81.5 cm³/mol. The molecule has 3 heteroatoms. The fraction of sp³-hybridized carbons (Fsp3) is 0.824. The summed E-state index contributed by atoms with van der Waals surface area (Å²) in [6.45, 7) is 3.01. The Bertz CT molecular complexity index is 378. The van der Waals surface area contributed by atoms with Crippen molar-refractivity contribution < 1.29 is 4.79 Å². The van der Waals surface area contributed by atoms with Crippen LogP contribution in [0.3, 0.4) is 0 Å². The van der Waals surface area contributed by atoms with Crippen molar-refractivity contribution in [1.82, 2.24) is 10.2 Å². The minimum absolute atomic E-state index is 0.368. The Hall–Kier alpha value is -0.830. The molecule has 3 nitrogen and oxygen atoms in total. The molecule has 2 bridgehead atoms. The summed E-state index contributed by atoms with van der Waals surface area (Å²) < 4.78 is 0. The van der Waals surface area contributed by atoms with Crippen molar-refractivity contribution >= 4 is 5.91 Å². The highest BCUT2D eigenvalue weighted by molar-refractivity contribution is 5.79. The van der Waals surface area contributed by atoms with Gasteiger partial charge in [-0.05, 0) is 58.3 Å². The second kappa shape index (κ2) is 6.30. The van der Waals surface area contributed by atoms with Crippen LogP contribution in [-0.4, -0.2) is 35.5 Å². The summed E-state index contributed by atoms with van der Waals surface area (Å²) in [6, 6.07) is 1.81. The van der Waals surface area contributed by atoms with Crippen molar-refractivity contribution in [1.29, 1.82) is 0 Å². The van der Waals surface area contributed by atoms with E-state index in [0.29, 0.717) is 30.5 Å². The second-order valence-corrected chi connectivity index (χ2v) is 6.73. The number of allylic oxidation sites excluding steroid dienone is 1. The molecule has 1 N–H and O–H groups in total. The molecule has 0 aromatic rings. The molecule has 0 aromatic carbocycles. The van der Waals surface area contributed by atoms with Gasteiger partial charge in [-0.1, -0.05) is 11.6 Å². The molecule has 0 spiro atoms. The van der Waals surface area contributed by atoms with Crippen molar-refractivity contribution in [3.63, 3.8) is 0 Å². The van der Waals surface area contributed by atoms with E-state index in [1.807, 2.05) is 0 Å². The van der Waals surface area contributed by atoms with Gasteiger partial charge >= 0.3 is 0 Å². The Morgan fingerprint density at radius 3 is 2.65 bits per heavy atom. The van der Waals surface area contributed by atoms with Gasteiger partial charge in [-0.25, -0.2) is 0 Å². The first-order valence-electron chi connectivity index (χ1n) is 8.49. The number of carbonyl (C=O) groups is 1. The van der Waals surface area contributed by atoms with Crippen LogP contribution in [0.2, 0.25) is 0 Å². The van der Waals surface area contributed by atoms with E-state index in [-0.39, 0.29) is 0 Å². The van der Waals surface area contributed by atoms with Crippen molar-refractivity contribution in [3.8, 4) is 0 Å². The third-order valence-electron chi connectivity index (χ3n) is 5.31. The van der Waals surface area contributed by atoms with E-state index in [1.165, 1.54) is 37.7 Å². The lowest BCUT2D eigenvalue weighted by atomic mass is 9.94. The minimum Gasteiger partial charge on any atom is -0.340 e. The van der Waals surface area contributed by atoms with Crippen LogP contribution in [-0.2, 0) is 4.79 Å². The maximum atomic E-state index is 12.6. The molecule has 2 fully saturated rings. The minimum atomic E-state index is 0.368. The van der Waals surface area contributed by atoms with Gasteiger partial charge in [-0.2, -0.15) is 0 Å². The Morgan fingerprint density at radius 2 is 2.05 bits per heavy atom. The van der Waals surface area contributed by atoms with Crippen LogP contribution < -0.4 is 5.32 Å². The molecule has 0 radical (unpaired) electrons. The molecule has 2 heterocycles. The Morgan fingerprint density at radius 1 is 1.30 bits per heavy atom. The summed E-state index contributed by atoms with van der Waals surface area (Å²) >= 11 is 0. The van der Waals surface area contributed by atoms with Crippen molar-refractivity contribution in [2.75, 3.05) is 6.54 Å². The predicted octanol–water partition coefficient (Wildman–Crippen LogP) is 3.01. The highest BCUT2D eigenvalue weighted by Crippen LogP contribution is 2.30. The molecule has 0 aromatic heterocycles. The molecule has 1 amide bonds. The lowest BCUT2D eigenvalue weighted by Gasteiger charge is -2.37. The molecule has 0 saturated carbocycles. The van der Waals surface area contributed by atoms with Gasteiger partial charge in [0.2, 0.25) is 5.91 Å². The first kappa shape index (κ1) is 14.1. The maximum Gasteiger partial charge on any atom is 0.226 e. The van der Waals surface area contributed by atoms with Gasteiger partial charge < -0.3 is 10.2 Å². The van der Waals surface area contributed by atoms with E-state index in [0.717, 1.165) is 25.8 Å². The van der Waals surface area contributed by atoms with Gasteiger partial charge in [-0.3, -0.25) is 4.79 Å². The van der Waals surface area contributed by atoms with Gasteiger partial charge in [0.05, 0.1) is 0 Å². The Labute approximate surface area is 122 Å². The molecule has 3 aliphatic rings. The first-order chi connectivity index (χ1) is 9.76. The van der Waals surface area contributed by atoms with Crippen LogP contribution in [0.15, 0.2) is 11.6 Å². The summed E-state index contributed by atoms with van der Waals surface area (Å²) in [5.74, 6) is 0.368. The van der Waals surface area contributed by atoms with E-state index in [9.17, 15) is 4.79 Å². The van der Waals surface area contributed by atoms with Gasteiger partial charge in [0.15, 0.2) is 0 Å². The molecule has 20 heavy (non-hydrogen) atoms. The second-order valence-electron chi connectivity index (χ2n) is 6.73. The number of hydrogen-bond acceptors (Lipinski definition) is 2. The van der Waals surface area contributed by atoms with Crippen LogP contribution in [0.1, 0.15) is 64.7 Å². The number of nitrogens with zero attached hydrogens (tertiary/aromatic N) is 1. The number of hydrogen-bond donors (Lipinski definition) is 1. The zero-order valence-corrected chi connectivity index (χ0v) is 12.7. The molecule has 3 rings (SSSR count). The van der Waals surface area contributed by atoms with Crippen LogP contribution >= 0.6 is 0 Å². The van der Waals surface area contributed by atoms with Crippen LogP contribution in [0.4, 0.5) is 0 Å². The van der Waals surface area contributed by atoms with Crippen molar-refractivity contribution in [2.24, 2.45) is 0 Å². The van der Waals surface area contributed by atoms with Gasteiger partial charge in [0.1, 0.15) is 0 Å². The highest BCUT2D eigenvalue weighted by Gasteiger charge is 2.37. The average Bonchev–Trinajstić information content (AvgIpc) is 2.80. The number of carbonyl (C=O) groups excluding carboxylic acids is 1. The standard InChI is InChI=1S/C17H28N2O/c1-2-19(16-11-14-8-9-15(12-16)18-14)17(20)10-13-6-4-3-5-7-13/h6,14-16,18H,2-5,7-12H2,1H3. The SMILES string of the molecule is CCN(C(=O)CC1=CCCCC1)C1CC2CCC(C1)N2. The summed E-state index contributed by atoms with van der Waals surface area (Å²) in [5, 5.41) is 3.67. The topological polar surface area (TPSA) is 32.3 Å². The molecule has 112 valence electrons. The van der Waals surface area contributed by atoms with E-state index >= 15 is 0 Å². The number of amides is 1. The van der Waals surface area contributed by atoms with Crippen LogP contribution in [0.25, 0.3) is 0 Å². The van der Waals surface area contributed by atoms with E-state index in [2.05, 4.69) is 23.2 Å². The molecular formula is C17H28N2O. The number of rotatable bonds is 4. The first-order valence-corrected chi connectivity index (χ1v) is 8.49. The molecular weight excluding hydrogens is 248 g/mol. The number of nitrogens with one attached hydrogen (secondary N) is 1. The summed E-state index contributed by atoms with van der Waals surface area (Å²) in [6.07, 6.45) is 12.8. The molecule has 2 aliphatic heterocycles. The van der Waals surface area contributed by atoms with Gasteiger partial charge in [0.25, 0.3) is 0 Å². The summed E-state index contributed by atoms with van der Waals surface area (Å²) in [7, 11) is 0. The number of fused-ring (bicyclic) bond motifs is 2. The van der Waals surface area contributed by atoms with Gasteiger partial charge in [-0.15, -0.1) is 0 Å². The largest absolute Gasteiger partial charge is 0.340 e. The monoisotopic (exact) mass is 276 g/mol. The van der Waals surface area contributed by atoms with Crippen molar-refractivity contribution in [2.45, 2.75) is 82.8 Å². The molecule has 2 atom stereocenters. The van der Waals surface area contributed by atoms with Crippen LogP contribution in [0.5, 0.6) is 0 Å². The molecule has 2 unspecified atom stereocenters. The fourth-order valence-electron chi connectivity index (χ4n) is 4.28. The van der Waals surface area contributed by atoms with Crippen molar-refractivity contribution in [3.05, 3.63) is 11.6 Å². The summed E-state index contributed by atoms with van der Waals surface area (Å²) in [4.78, 5) is 14.8. The Balaban J connectivity index is 1.60. The molecule has 2 saturated heterocycles. The highest BCUT2D eigenvalue weighted by atomic mass is 16.2. The van der Waals surface area contributed by atoms with E-state index < -0.39 is 0 Å². The normalized spacial score (nSPS) is 32.9. The maximum absolute atomic E-state index is 12.6. The van der Waals surface area contributed by atoms with E-state index in [4.69, 9.17) is 0 Å². The zero-order chi connectivity index (χ0) is 13.9. The Kier molecular flexibility index (Phi) is 4.45. The van der Waals surface area contributed by atoms with Crippen LogP contribution in [0, 0.1) is 0 Å². The third-order valence-corrected chi connectivity index (χ3v) is 5.31. The smallest absolute Gasteiger partial charge is 0.226 e. The zero-order valence-electron chi connectivity index (χ0n) is 12.7. The molecule has 1 aliphatic carbocycles. The number of piperidine rings is 1. The fourth-order valence-corrected chi connectivity index (χ4v) is 4.28. The lowest BCUT2D eigenvalue weighted by molar-refractivity contribution is -0.133. The van der Waals surface area contributed by atoms with E-state index in [1.54, 1.807) is 0 Å². The summed E-state index contributed by atoms with van der Waals surface area (Å²) in [5.41, 5.74) is 1.39. The quantitative estimate of drug-likeness (QED) is 0.801. The average molecular weight is 276 g/mol.